The summed E-state index contributed by atoms with van der Waals surface area (Å²) in [7, 11) is 1.41. The standard InChI is InChI=1S/C19H25FN4O4/c1-19(16(25)22-17(26)23-19)13-4-3-9-24(11-13)18(27)21-8-7-12-5-6-15(28-2)14(20)10-12/h5-6,10,13H,3-4,7-9,11H2,1-2H3,(H,21,27)(H2,22,23,25,26). The summed E-state index contributed by atoms with van der Waals surface area (Å²) in [5.41, 5.74) is -0.246. The third kappa shape index (κ3) is 4.02. The number of benzene rings is 1. The molecule has 0 bridgehead atoms. The maximum absolute atomic E-state index is 13.7. The maximum Gasteiger partial charge on any atom is 0.322 e. The van der Waals surface area contributed by atoms with Gasteiger partial charge in [-0.05, 0) is 43.9 Å². The Bertz CT molecular complexity index is 787. The van der Waals surface area contributed by atoms with Crippen molar-refractivity contribution in [2.45, 2.75) is 31.7 Å². The van der Waals surface area contributed by atoms with E-state index in [1.54, 1.807) is 24.0 Å². The summed E-state index contributed by atoms with van der Waals surface area (Å²) in [5, 5.41) is 7.79. The van der Waals surface area contributed by atoms with Gasteiger partial charge in [-0.1, -0.05) is 6.07 Å². The third-order valence-corrected chi connectivity index (χ3v) is 5.50. The van der Waals surface area contributed by atoms with Gasteiger partial charge in [-0.2, -0.15) is 0 Å². The molecule has 0 aliphatic carbocycles. The number of carbonyl (C=O) groups excluding carboxylic acids is 3. The highest BCUT2D eigenvalue weighted by Crippen LogP contribution is 2.29. The Morgan fingerprint density at radius 3 is 2.86 bits per heavy atom. The lowest BCUT2D eigenvalue weighted by molar-refractivity contribution is -0.125. The van der Waals surface area contributed by atoms with Gasteiger partial charge in [-0.25, -0.2) is 14.0 Å². The van der Waals surface area contributed by atoms with E-state index in [-0.39, 0.29) is 23.6 Å². The molecule has 2 aliphatic heterocycles. The normalized spacial score (nSPS) is 24.5. The average molecular weight is 392 g/mol. The summed E-state index contributed by atoms with van der Waals surface area (Å²) in [5.74, 6) is -0.764. The van der Waals surface area contributed by atoms with Gasteiger partial charge in [0.1, 0.15) is 5.54 Å². The Kier molecular flexibility index (Phi) is 5.71. The topological polar surface area (TPSA) is 99.8 Å². The minimum Gasteiger partial charge on any atom is -0.494 e. The molecule has 0 aromatic heterocycles. The number of amides is 5. The van der Waals surface area contributed by atoms with Crippen LogP contribution in [0.25, 0.3) is 0 Å². The second kappa shape index (κ2) is 8.04. The fraction of sp³-hybridized carbons (Fsp3) is 0.526. The number of imide groups is 1. The third-order valence-electron chi connectivity index (χ3n) is 5.50. The van der Waals surface area contributed by atoms with Gasteiger partial charge < -0.3 is 20.3 Å². The first-order valence-corrected chi connectivity index (χ1v) is 9.32. The van der Waals surface area contributed by atoms with Crippen LogP contribution >= 0.6 is 0 Å². The second-order valence-electron chi connectivity index (χ2n) is 7.35. The Morgan fingerprint density at radius 1 is 1.43 bits per heavy atom. The lowest BCUT2D eigenvalue weighted by atomic mass is 9.80. The van der Waals surface area contributed by atoms with Crippen LogP contribution in [-0.4, -0.2) is 55.2 Å². The summed E-state index contributed by atoms with van der Waals surface area (Å²) >= 11 is 0. The van der Waals surface area contributed by atoms with Crippen LogP contribution in [0, 0.1) is 11.7 Å². The van der Waals surface area contributed by atoms with Crippen LogP contribution in [-0.2, 0) is 11.2 Å². The quantitative estimate of drug-likeness (QED) is 0.660. The monoisotopic (exact) mass is 392 g/mol. The van der Waals surface area contributed by atoms with E-state index < -0.39 is 17.4 Å². The largest absolute Gasteiger partial charge is 0.494 e. The summed E-state index contributed by atoms with van der Waals surface area (Å²) in [6.45, 7) is 3.02. The predicted octanol–water partition coefficient (Wildman–Crippen LogP) is 1.40. The predicted molar refractivity (Wildman–Crippen MR) is 99.4 cm³/mol. The van der Waals surface area contributed by atoms with Crippen LogP contribution in [0.3, 0.4) is 0 Å². The van der Waals surface area contributed by atoms with E-state index in [0.717, 1.165) is 18.4 Å². The van der Waals surface area contributed by atoms with E-state index in [1.807, 2.05) is 0 Å². The van der Waals surface area contributed by atoms with E-state index in [0.29, 0.717) is 26.1 Å². The number of nitrogens with zero attached hydrogens (tertiary/aromatic N) is 1. The van der Waals surface area contributed by atoms with E-state index in [1.165, 1.54) is 13.2 Å². The number of piperidine rings is 1. The first kappa shape index (κ1) is 19.9. The zero-order chi connectivity index (χ0) is 20.3. The summed E-state index contributed by atoms with van der Waals surface area (Å²) < 4.78 is 18.6. The maximum atomic E-state index is 13.7. The molecule has 8 nitrogen and oxygen atoms in total. The molecule has 0 spiro atoms. The molecule has 2 atom stereocenters. The number of halogens is 1. The summed E-state index contributed by atoms with van der Waals surface area (Å²) in [4.78, 5) is 37.8. The number of hydrogen-bond donors (Lipinski definition) is 3. The van der Waals surface area contributed by atoms with Crippen molar-refractivity contribution in [3.63, 3.8) is 0 Å². The van der Waals surface area contributed by atoms with Crippen LogP contribution in [0.15, 0.2) is 18.2 Å². The van der Waals surface area contributed by atoms with Crippen molar-refractivity contribution in [2.24, 2.45) is 5.92 Å². The van der Waals surface area contributed by atoms with Crippen molar-refractivity contribution in [3.05, 3.63) is 29.6 Å². The zero-order valence-electron chi connectivity index (χ0n) is 16.0. The number of hydrogen-bond acceptors (Lipinski definition) is 4. The molecule has 1 aromatic rings. The average Bonchev–Trinajstić information content (AvgIpc) is 2.94. The molecule has 2 unspecified atom stereocenters. The highest BCUT2D eigenvalue weighted by Gasteiger charge is 2.49. The minimum absolute atomic E-state index is 0.158. The zero-order valence-corrected chi connectivity index (χ0v) is 16.0. The van der Waals surface area contributed by atoms with E-state index in [2.05, 4.69) is 16.0 Å². The molecule has 5 amide bonds. The Labute approximate surface area is 162 Å². The van der Waals surface area contributed by atoms with Gasteiger partial charge in [0.2, 0.25) is 0 Å². The van der Waals surface area contributed by atoms with E-state index >= 15 is 0 Å². The fourth-order valence-electron chi connectivity index (χ4n) is 3.77. The van der Waals surface area contributed by atoms with Gasteiger partial charge in [0.15, 0.2) is 11.6 Å². The van der Waals surface area contributed by atoms with Crippen molar-refractivity contribution >= 4 is 18.0 Å². The van der Waals surface area contributed by atoms with Gasteiger partial charge in [0.05, 0.1) is 7.11 Å². The molecule has 2 aliphatic rings. The number of nitrogens with one attached hydrogen (secondary N) is 3. The molecule has 9 heteroatoms. The minimum atomic E-state index is -1.00. The van der Waals surface area contributed by atoms with Gasteiger partial charge in [-0.15, -0.1) is 0 Å². The first-order chi connectivity index (χ1) is 13.3. The first-order valence-electron chi connectivity index (χ1n) is 9.32. The molecule has 2 fully saturated rings. The van der Waals surface area contributed by atoms with Crippen LogP contribution in [0.2, 0.25) is 0 Å². The summed E-state index contributed by atoms with van der Waals surface area (Å²) in [6.07, 6.45) is 1.99. The molecule has 1 aromatic carbocycles. The van der Waals surface area contributed by atoms with Gasteiger partial charge in [0, 0.05) is 25.6 Å². The van der Waals surface area contributed by atoms with Crippen molar-refractivity contribution in [1.82, 2.24) is 20.9 Å². The summed E-state index contributed by atoms with van der Waals surface area (Å²) in [6, 6.07) is 3.98. The van der Waals surface area contributed by atoms with Crippen LogP contribution < -0.4 is 20.7 Å². The smallest absolute Gasteiger partial charge is 0.322 e. The lowest BCUT2D eigenvalue weighted by Gasteiger charge is -2.39. The molecule has 2 saturated heterocycles. The molecule has 3 N–H and O–H groups in total. The molecule has 2 heterocycles. The molecular formula is C19H25FN4O4. The molecule has 0 saturated carbocycles. The fourth-order valence-corrected chi connectivity index (χ4v) is 3.77. The van der Waals surface area contributed by atoms with E-state index in [4.69, 9.17) is 4.74 Å². The lowest BCUT2D eigenvalue weighted by Crippen LogP contribution is -2.57. The van der Waals surface area contributed by atoms with E-state index in [9.17, 15) is 18.8 Å². The molecular weight excluding hydrogens is 367 g/mol. The molecule has 0 radical (unpaired) electrons. The van der Waals surface area contributed by atoms with Crippen molar-refractivity contribution < 1.29 is 23.5 Å². The Balaban J connectivity index is 1.52. The van der Waals surface area contributed by atoms with Crippen molar-refractivity contribution in [2.75, 3.05) is 26.7 Å². The van der Waals surface area contributed by atoms with Crippen molar-refractivity contribution in [3.8, 4) is 5.75 Å². The molecule has 28 heavy (non-hydrogen) atoms. The molecule has 3 rings (SSSR count). The number of likely N-dealkylation sites (tertiary alicyclic amines) is 1. The van der Waals surface area contributed by atoms with Gasteiger partial charge >= 0.3 is 12.1 Å². The van der Waals surface area contributed by atoms with Crippen LogP contribution in [0.5, 0.6) is 5.75 Å². The second-order valence-corrected chi connectivity index (χ2v) is 7.35. The SMILES string of the molecule is COc1ccc(CCNC(=O)N2CCCC(C3(C)NC(=O)NC3=O)C2)cc1F. The number of rotatable bonds is 5. The van der Waals surface area contributed by atoms with Crippen LogP contribution in [0.1, 0.15) is 25.3 Å². The Hall–Kier alpha value is -2.84. The number of carbonyl (C=O) groups is 3. The molecule has 152 valence electrons. The number of urea groups is 2. The van der Waals surface area contributed by atoms with Crippen molar-refractivity contribution in [1.29, 1.82) is 0 Å². The van der Waals surface area contributed by atoms with Crippen LogP contribution in [0.4, 0.5) is 14.0 Å². The number of methoxy groups -OCH3 is 1. The highest BCUT2D eigenvalue weighted by atomic mass is 19.1. The number of ether oxygens (including phenoxy) is 1. The van der Waals surface area contributed by atoms with Gasteiger partial charge in [0.25, 0.3) is 5.91 Å². The Morgan fingerprint density at radius 2 is 2.21 bits per heavy atom. The highest BCUT2D eigenvalue weighted by molar-refractivity contribution is 6.07. The van der Waals surface area contributed by atoms with Gasteiger partial charge in [-0.3, -0.25) is 10.1 Å².